The van der Waals surface area contributed by atoms with Crippen molar-refractivity contribution in [3.05, 3.63) is 5.82 Å². The molecule has 1 saturated heterocycles. The van der Waals surface area contributed by atoms with E-state index in [0.717, 1.165) is 49.7 Å². The van der Waals surface area contributed by atoms with Crippen molar-refractivity contribution in [3.8, 4) is 0 Å². The van der Waals surface area contributed by atoms with Gasteiger partial charge in [0, 0.05) is 43.7 Å². The van der Waals surface area contributed by atoms with E-state index in [2.05, 4.69) is 19.6 Å². The largest absolute Gasteiger partial charge is 0.377 e. The van der Waals surface area contributed by atoms with Crippen LogP contribution in [0.1, 0.15) is 37.9 Å². The zero-order chi connectivity index (χ0) is 14.7. The number of anilines is 1. The highest BCUT2D eigenvalue weighted by Crippen LogP contribution is 2.27. The second-order valence-electron chi connectivity index (χ2n) is 5.85. The molecule has 2 aliphatic rings. The summed E-state index contributed by atoms with van der Waals surface area (Å²) in [4.78, 5) is 18.8. The van der Waals surface area contributed by atoms with Crippen LogP contribution in [-0.4, -0.2) is 41.5 Å². The van der Waals surface area contributed by atoms with Crippen LogP contribution in [-0.2, 0) is 16.1 Å². The zero-order valence-electron chi connectivity index (χ0n) is 12.4. The average molecular weight is 310 g/mol. The number of nitrogens with one attached hydrogen (secondary N) is 1. The molecular formula is C14H22N4O2S. The second kappa shape index (κ2) is 6.70. The van der Waals surface area contributed by atoms with Crippen LogP contribution in [0, 0.1) is 5.92 Å². The summed E-state index contributed by atoms with van der Waals surface area (Å²) in [6.07, 6.45) is 5.44. The van der Waals surface area contributed by atoms with Gasteiger partial charge in [-0.15, -0.1) is 0 Å². The molecule has 1 atom stereocenters. The smallest absolute Gasteiger partial charge is 0.223 e. The van der Waals surface area contributed by atoms with Gasteiger partial charge in [-0.2, -0.15) is 4.37 Å². The van der Waals surface area contributed by atoms with Gasteiger partial charge in [0.1, 0.15) is 6.61 Å². The Morgan fingerprint density at radius 2 is 2.29 bits per heavy atom. The number of carbonyl (C=O) groups is 1. The first-order valence-corrected chi connectivity index (χ1v) is 8.40. The molecule has 3 rings (SSSR count). The van der Waals surface area contributed by atoms with Gasteiger partial charge in [0.25, 0.3) is 0 Å². The van der Waals surface area contributed by atoms with E-state index >= 15 is 0 Å². The van der Waals surface area contributed by atoms with Crippen LogP contribution in [0.4, 0.5) is 5.13 Å². The molecule has 116 valence electrons. The van der Waals surface area contributed by atoms with E-state index in [9.17, 15) is 4.79 Å². The molecule has 0 bridgehead atoms. The van der Waals surface area contributed by atoms with Gasteiger partial charge in [-0.05, 0) is 25.7 Å². The number of nitrogens with zero attached hydrogens (tertiary/aromatic N) is 3. The molecule has 1 saturated carbocycles. The van der Waals surface area contributed by atoms with Crippen molar-refractivity contribution in [2.45, 2.75) is 44.8 Å². The third-order valence-electron chi connectivity index (χ3n) is 4.25. The van der Waals surface area contributed by atoms with Crippen molar-refractivity contribution >= 4 is 22.6 Å². The first-order valence-electron chi connectivity index (χ1n) is 7.63. The lowest BCUT2D eigenvalue weighted by Gasteiger charge is -2.34. The van der Waals surface area contributed by atoms with Gasteiger partial charge in [0.2, 0.25) is 11.0 Å². The van der Waals surface area contributed by atoms with Gasteiger partial charge in [0.15, 0.2) is 5.82 Å². The minimum absolute atomic E-state index is 0.238. The molecule has 1 unspecified atom stereocenters. The molecule has 6 nitrogen and oxygen atoms in total. The maximum Gasteiger partial charge on any atom is 0.223 e. The highest BCUT2D eigenvalue weighted by molar-refractivity contribution is 7.09. The minimum atomic E-state index is 0.238. The fourth-order valence-corrected chi connectivity index (χ4v) is 3.53. The van der Waals surface area contributed by atoms with E-state index in [1.165, 1.54) is 18.0 Å². The summed E-state index contributed by atoms with van der Waals surface area (Å²) < 4.78 is 9.35. The van der Waals surface area contributed by atoms with Crippen LogP contribution in [0.15, 0.2) is 0 Å². The number of amides is 1. The molecular weight excluding hydrogens is 288 g/mol. The highest BCUT2D eigenvalue weighted by atomic mass is 32.1. The van der Waals surface area contributed by atoms with Crippen molar-refractivity contribution < 1.29 is 9.53 Å². The fourth-order valence-electron chi connectivity index (χ4n) is 2.82. The lowest BCUT2D eigenvalue weighted by atomic mass is 9.84. The number of carbonyl (C=O) groups excluding carboxylic acids is 1. The Balaban J connectivity index is 1.55. The number of aromatic nitrogens is 2. The van der Waals surface area contributed by atoms with Crippen LogP contribution in [0.2, 0.25) is 0 Å². The molecule has 2 fully saturated rings. The van der Waals surface area contributed by atoms with Crippen LogP contribution in [0.3, 0.4) is 0 Å². The Labute approximate surface area is 129 Å². The Kier molecular flexibility index (Phi) is 4.70. The highest BCUT2D eigenvalue weighted by Gasteiger charge is 2.29. The summed E-state index contributed by atoms with van der Waals surface area (Å²) in [6.45, 7) is 2.27. The standard InChI is InChI=1S/C14H22N4O2S/c1-20-9-12-16-14(21-17-12)18-7-3-6-11(8-18)15-13(19)10-4-2-5-10/h10-11H,2-9H2,1H3,(H,15,19). The van der Waals surface area contributed by atoms with Crippen LogP contribution >= 0.6 is 11.5 Å². The molecule has 1 aromatic heterocycles. The minimum Gasteiger partial charge on any atom is -0.377 e. The number of hydrogen-bond acceptors (Lipinski definition) is 6. The Morgan fingerprint density at radius 1 is 1.43 bits per heavy atom. The molecule has 0 aromatic carbocycles. The van der Waals surface area contributed by atoms with Crippen LogP contribution in [0.5, 0.6) is 0 Å². The molecule has 7 heteroatoms. The van der Waals surface area contributed by atoms with Gasteiger partial charge >= 0.3 is 0 Å². The number of piperidine rings is 1. The Bertz CT molecular complexity index is 489. The number of hydrogen-bond donors (Lipinski definition) is 1. The van der Waals surface area contributed by atoms with E-state index in [1.54, 1.807) is 7.11 Å². The summed E-state index contributed by atoms with van der Waals surface area (Å²) in [7, 11) is 1.65. The SMILES string of the molecule is COCc1nsc(N2CCCC(NC(=O)C3CCC3)C2)n1. The molecule has 21 heavy (non-hydrogen) atoms. The molecule has 1 amide bonds. The van der Waals surface area contributed by atoms with E-state index in [1.807, 2.05) is 0 Å². The van der Waals surface area contributed by atoms with Gasteiger partial charge < -0.3 is 15.0 Å². The summed E-state index contributed by atoms with van der Waals surface area (Å²) in [6, 6.07) is 0.238. The third-order valence-corrected chi connectivity index (χ3v) is 5.06. The summed E-state index contributed by atoms with van der Waals surface area (Å²) in [5.74, 6) is 1.23. The quantitative estimate of drug-likeness (QED) is 0.894. The van der Waals surface area contributed by atoms with Crippen molar-refractivity contribution in [3.63, 3.8) is 0 Å². The van der Waals surface area contributed by atoms with Crippen molar-refractivity contribution in [2.24, 2.45) is 5.92 Å². The second-order valence-corrected chi connectivity index (χ2v) is 6.58. The zero-order valence-corrected chi connectivity index (χ0v) is 13.2. The van der Waals surface area contributed by atoms with Crippen LogP contribution < -0.4 is 10.2 Å². The van der Waals surface area contributed by atoms with Gasteiger partial charge in [-0.3, -0.25) is 4.79 Å². The van der Waals surface area contributed by atoms with Crippen LogP contribution in [0.25, 0.3) is 0 Å². The van der Waals surface area contributed by atoms with E-state index in [0.29, 0.717) is 6.61 Å². The molecule has 1 aliphatic carbocycles. The maximum absolute atomic E-state index is 12.1. The van der Waals surface area contributed by atoms with Crippen molar-refractivity contribution in [2.75, 3.05) is 25.1 Å². The summed E-state index contributed by atoms with van der Waals surface area (Å²) in [5.41, 5.74) is 0. The lowest BCUT2D eigenvalue weighted by Crippen LogP contribution is -2.50. The molecule has 0 spiro atoms. The third kappa shape index (κ3) is 3.52. The van der Waals surface area contributed by atoms with Gasteiger partial charge in [0.05, 0.1) is 0 Å². The lowest BCUT2D eigenvalue weighted by molar-refractivity contribution is -0.128. The Morgan fingerprint density at radius 3 is 3.00 bits per heavy atom. The molecule has 1 N–H and O–H groups in total. The molecule has 2 heterocycles. The predicted molar refractivity (Wildman–Crippen MR) is 81.3 cm³/mol. The van der Waals surface area contributed by atoms with Crippen molar-refractivity contribution in [1.82, 2.24) is 14.7 Å². The number of methoxy groups -OCH3 is 1. The maximum atomic E-state index is 12.1. The topological polar surface area (TPSA) is 67.3 Å². The average Bonchev–Trinajstić information content (AvgIpc) is 2.86. The summed E-state index contributed by atoms with van der Waals surface area (Å²) in [5, 5.41) is 4.14. The normalized spacial score (nSPS) is 22.9. The number of rotatable bonds is 5. The van der Waals surface area contributed by atoms with E-state index < -0.39 is 0 Å². The van der Waals surface area contributed by atoms with E-state index in [4.69, 9.17) is 4.74 Å². The number of ether oxygens (including phenoxy) is 1. The first-order chi connectivity index (χ1) is 10.3. The predicted octanol–water partition coefficient (Wildman–Crippen LogP) is 1.57. The Hall–Kier alpha value is -1.21. The molecule has 1 aromatic rings. The van der Waals surface area contributed by atoms with Gasteiger partial charge in [-0.1, -0.05) is 6.42 Å². The monoisotopic (exact) mass is 310 g/mol. The first kappa shape index (κ1) is 14.7. The van der Waals surface area contributed by atoms with Crippen molar-refractivity contribution in [1.29, 1.82) is 0 Å². The van der Waals surface area contributed by atoms with E-state index in [-0.39, 0.29) is 17.9 Å². The molecule has 1 aliphatic heterocycles. The van der Waals surface area contributed by atoms with Gasteiger partial charge in [-0.25, -0.2) is 4.98 Å². The fraction of sp³-hybridized carbons (Fsp3) is 0.786. The summed E-state index contributed by atoms with van der Waals surface area (Å²) >= 11 is 1.41. The molecule has 0 radical (unpaired) electrons.